The summed E-state index contributed by atoms with van der Waals surface area (Å²) in [7, 11) is 0. The van der Waals surface area contributed by atoms with E-state index in [4.69, 9.17) is 9.84 Å². The second-order valence-corrected chi connectivity index (χ2v) is 5.26. The van der Waals surface area contributed by atoms with E-state index in [9.17, 15) is 9.59 Å². The van der Waals surface area contributed by atoms with Crippen LogP contribution in [0.1, 0.15) is 24.8 Å². The van der Waals surface area contributed by atoms with Gasteiger partial charge in [0.25, 0.3) is 0 Å². The molecule has 1 saturated heterocycles. The molecule has 0 aliphatic carbocycles. The van der Waals surface area contributed by atoms with E-state index in [1.807, 2.05) is 35.2 Å². The molecular formula is C16H21NO4. The highest BCUT2D eigenvalue weighted by Crippen LogP contribution is 2.15. The van der Waals surface area contributed by atoms with Crippen molar-refractivity contribution >= 4 is 11.9 Å². The van der Waals surface area contributed by atoms with Gasteiger partial charge >= 0.3 is 5.97 Å². The summed E-state index contributed by atoms with van der Waals surface area (Å²) in [5.74, 6) is -0.698. The summed E-state index contributed by atoms with van der Waals surface area (Å²) in [6.07, 6.45) is 2.10. The van der Waals surface area contributed by atoms with E-state index >= 15 is 0 Å². The Morgan fingerprint density at radius 3 is 2.48 bits per heavy atom. The first-order chi connectivity index (χ1) is 10.1. The highest BCUT2D eigenvalue weighted by molar-refractivity contribution is 5.78. The fraction of sp³-hybridized carbons (Fsp3) is 0.500. The smallest absolute Gasteiger partial charge is 0.305 e. The lowest BCUT2D eigenvalue weighted by atomic mass is 10.1. The van der Waals surface area contributed by atoms with Crippen LogP contribution in [0.4, 0.5) is 0 Å². The Kier molecular flexibility index (Phi) is 5.75. The van der Waals surface area contributed by atoms with Crippen molar-refractivity contribution in [1.29, 1.82) is 0 Å². The van der Waals surface area contributed by atoms with Crippen LogP contribution in [0, 0.1) is 0 Å². The van der Waals surface area contributed by atoms with Crippen molar-refractivity contribution < 1.29 is 19.4 Å². The van der Waals surface area contributed by atoms with Crippen molar-refractivity contribution in [2.45, 2.75) is 31.8 Å². The summed E-state index contributed by atoms with van der Waals surface area (Å²) in [5.41, 5.74) is 1.03. The number of aliphatic carboxylic acids is 1. The molecule has 1 N–H and O–H groups in total. The number of hydrogen-bond acceptors (Lipinski definition) is 3. The van der Waals surface area contributed by atoms with E-state index in [1.54, 1.807) is 0 Å². The first-order valence-corrected chi connectivity index (χ1v) is 7.30. The minimum Gasteiger partial charge on any atom is -0.481 e. The van der Waals surface area contributed by atoms with Gasteiger partial charge in [-0.1, -0.05) is 30.3 Å². The first kappa shape index (κ1) is 15.5. The minimum absolute atomic E-state index is 0.0349. The molecule has 1 fully saturated rings. The number of amides is 1. The van der Waals surface area contributed by atoms with Crippen LogP contribution in [-0.2, 0) is 20.7 Å². The maximum Gasteiger partial charge on any atom is 0.305 e. The van der Waals surface area contributed by atoms with Gasteiger partial charge in [-0.05, 0) is 18.4 Å². The number of piperidine rings is 1. The van der Waals surface area contributed by atoms with Crippen molar-refractivity contribution in [3.8, 4) is 0 Å². The number of carboxylic acids is 1. The molecule has 1 aliphatic heterocycles. The van der Waals surface area contributed by atoms with Crippen molar-refractivity contribution in [1.82, 2.24) is 4.90 Å². The molecule has 114 valence electrons. The second kappa shape index (κ2) is 7.78. The molecule has 0 unspecified atom stereocenters. The predicted molar refractivity (Wildman–Crippen MR) is 78.0 cm³/mol. The average molecular weight is 291 g/mol. The van der Waals surface area contributed by atoms with Crippen LogP contribution >= 0.6 is 0 Å². The van der Waals surface area contributed by atoms with Gasteiger partial charge in [0, 0.05) is 13.1 Å². The molecule has 1 aromatic carbocycles. The Morgan fingerprint density at radius 2 is 1.86 bits per heavy atom. The normalized spacial score (nSPS) is 15.9. The molecule has 5 nitrogen and oxygen atoms in total. The number of carboxylic acid groups (broad SMARTS) is 1. The lowest BCUT2D eigenvalue weighted by molar-refractivity contribution is -0.139. The highest BCUT2D eigenvalue weighted by atomic mass is 16.5. The summed E-state index contributed by atoms with van der Waals surface area (Å²) >= 11 is 0. The van der Waals surface area contributed by atoms with E-state index < -0.39 is 5.97 Å². The van der Waals surface area contributed by atoms with Crippen molar-refractivity contribution in [3.05, 3.63) is 35.9 Å². The minimum atomic E-state index is -0.842. The molecule has 1 heterocycles. The number of carbonyl (C=O) groups excluding carboxylic acids is 1. The van der Waals surface area contributed by atoms with E-state index in [-0.39, 0.29) is 25.0 Å². The largest absolute Gasteiger partial charge is 0.481 e. The summed E-state index contributed by atoms with van der Waals surface area (Å²) in [6, 6.07) is 9.73. The fourth-order valence-corrected chi connectivity index (χ4v) is 2.47. The zero-order chi connectivity index (χ0) is 15.1. The number of benzene rings is 1. The third-order valence-electron chi connectivity index (χ3n) is 3.66. The lowest BCUT2D eigenvalue weighted by Gasteiger charge is -2.32. The molecule has 0 spiro atoms. The van der Waals surface area contributed by atoms with Gasteiger partial charge in [-0.2, -0.15) is 0 Å². The molecule has 0 saturated carbocycles. The summed E-state index contributed by atoms with van der Waals surface area (Å²) in [6.45, 7) is 1.62. The zero-order valence-electron chi connectivity index (χ0n) is 12.0. The van der Waals surface area contributed by atoms with Gasteiger partial charge in [0.15, 0.2) is 0 Å². The maximum atomic E-state index is 12.2. The number of likely N-dealkylation sites (tertiary alicyclic amines) is 1. The number of rotatable bonds is 6. The van der Waals surface area contributed by atoms with Gasteiger partial charge in [0.1, 0.15) is 0 Å². The molecule has 0 bridgehead atoms. The maximum absolute atomic E-state index is 12.2. The van der Waals surface area contributed by atoms with Crippen LogP contribution in [0.3, 0.4) is 0 Å². The van der Waals surface area contributed by atoms with Gasteiger partial charge in [-0.15, -0.1) is 0 Å². The molecule has 0 radical (unpaired) electrons. The number of hydrogen-bond donors (Lipinski definition) is 1. The Hall–Kier alpha value is -1.88. The number of nitrogens with zero attached hydrogens (tertiary/aromatic N) is 1. The fourth-order valence-electron chi connectivity index (χ4n) is 2.47. The Morgan fingerprint density at radius 1 is 1.19 bits per heavy atom. The van der Waals surface area contributed by atoms with Crippen LogP contribution in [-0.4, -0.2) is 47.7 Å². The van der Waals surface area contributed by atoms with Gasteiger partial charge in [0.05, 0.1) is 25.6 Å². The van der Waals surface area contributed by atoms with E-state index in [1.165, 1.54) is 0 Å². The number of carbonyl (C=O) groups is 2. The van der Waals surface area contributed by atoms with Crippen molar-refractivity contribution in [3.63, 3.8) is 0 Å². The Labute approximate surface area is 124 Å². The van der Waals surface area contributed by atoms with Crippen LogP contribution in [0.15, 0.2) is 30.3 Å². The summed E-state index contributed by atoms with van der Waals surface area (Å²) in [4.78, 5) is 24.5. The van der Waals surface area contributed by atoms with Gasteiger partial charge in [0.2, 0.25) is 5.91 Å². The van der Waals surface area contributed by atoms with Crippen molar-refractivity contribution in [2.75, 3.05) is 19.7 Å². The quantitative estimate of drug-likeness (QED) is 0.866. The number of ether oxygens (including phenoxy) is 1. The van der Waals surface area contributed by atoms with E-state index in [0.717, 1.165) is 18.4 Å². The molecular weight excluding hydrogens is 270 g/mol. The average Bonchev–Trinajstić information content (AvgIpc) is 2.48. The van der Waals surface area contributed by atoms with Crippen LogP contribution < -0.4 is 0 Å². The molecule has 0 atom stereocenters. The lowest BCUT2D eigenvalue weighted by Crippen LogP contribution is -2.41. The summed E-state index contributed by atoms with van der Waals surface area (Å²) < 4.78 is 5.52. The van der Waals surface area contributed by atoms with Gasteiger partial charge in [-0.3, -0.25) is 9.59 Å². The van der Waals surface area contributed by atoms with Crippen molar-refractivity contribution in [2.24, 2.45) is 0 Å². The van der Waals surface area contributed by atoms with Crippen LogP contribution in [0.5, 0.6) is 0 Å². The molecule has 5 heteroatoms. The first-order valence-electron chi connectivity index (χ1n) is 7.30. The predicted octanol–water partition coefficient (Wildman–Crippen LogP) is 1.71. The molecule has 2 rings (SSSR count). The van der Waals surface area contributed by atoms with E-state index in [0.29, 0.717) is 19.5 Å². The SMILES string of the molecule is O=C(O)CCOC1CCN(C(=O)Cc2ccccc2)CC1. The van der Waals surface area contributed by atoms with Crippen LogP contribution in [0.2, 0.25) is 0 Å². The molecule has 1 amide bonds. The molecule has 0 aromatic heterocycles. The zero-order valence-corrected chi connectivity index (χ0v) is 12.0. The Bertz CT molecular complexity index is 466. The molecule has 1 aliphatic rings. The van der Waals surface area contributed by atoms with Crippen LogP contribution in [0.25, 0.3) is 0 Å². The third-order valence-corrected chi connectivity index (χ3v) is 3.66. The van der Waals surface area contributed by atoms with E-state index in [2.05, 4.69) is 0 Å². The van der Waals surface area contributed by atoms with Gasteiger partial charge < -0.3 is 14.7 Å². The summed E-state index contributed by atoms with van der Waals surface area (Å²) in [5, 5.41) is 8.57. The topological polar surface area (TPSA) is 66.8 Å². The molecule has 1 aromatic rings. The third kappa shape index (κ3) is 5.19. The highest BCUT2D eigenvalue weighted by Gasteiger charge is 2.23. The monoisotopic (exact) mass is 291 g/mol. The van der Waals surface area contributed by atoms with Gasteiger partial charge in [-0.25, -0.2) is 0 Å². The second-order valence-electron chi connectivity index (χ2n) is 5.26. The standard InChI is InChI=1S/C16H21NO4/c18-15(12-13-4-2-1-3-5-13)17-9-6-14(7-10-17)21-11-8-16(19)20/h1-5,14H,6-12H2,(H,19,20). The Balaban J connectivity index is 1.71. The molecule has 21 heavy (non-hydrogen) atoms.